The van der Waals surface area contributed by atoms with Crippen LogP contribution in [0.4, 0.5) is 13.2 Å². The molecule has 1 aromatic heterocycles. The number of primary amides is 1. The SMILES string of the molecule is CCc1ccccc1Cn1c2cc(C(F)(F)F)c[c]c2c2c(C(N)=O)cccc21. The highest BCUT2D eigenvalue weighted by molar-refractivity contribution is 6.17. The summed E-state index contributed by atoms with van der Waals surface area (Å²) in [6.07, 6.45) is -3.68. The Morgan fingerprint density at radius 1 is 1.07 bits per heavy atom. The minimum absolute atomic E-state index is 0.269. The van der Waals surface area contributed by atoms with Gasteiger partial charge in [0.15, 0.2) is 0 Å². The minimum Gasteiger partial charge on any atom is -0.366 e. The average molecular weight is 395 g/mol. The van der Waals surface area contributed by atoms with Gasteiger partial charge in [0.25, 0.3) is 0 Å². The van der Waals surface area contributed by atoms with E-state index < -0.39 is 17.6 Å². The molecule has 0 aliphatic rings. The van der Waals surface area contributed by atoms with Crippen LogP contribution < -0.4 is 5.73 Å². The van der Waals surface area contributed by atoms with Gasteiger partial charge in [0.1, 0.15) is 0 Å². The smallest absolute Gasteiger partial charge is 0.366 e. The summed E-state index contributed by atoms with van der Waals surface area (Å²) < 4.78 is 41.9. The zero-order valence-electron chi connectivity index (χ0n) is 15.7. The van der Waals surface area contributed by atoms with E-state index in [2.05, 4.69) is 6.07 Å². The van der Waals surface area contributed by atoms with E-state index in [0.29, 0.717) is 28.4 Å². The molecule has 2 N–H and O–H groups in total. The molecule has 3 aromatic carbocycles. The van der Waals surface area contributed by atoms with Gasteiger partial charge in [0.05, 0.1) is 16.6 Å². The fraction of sp³-hybridized carbons (Fsp3) is 0.174. The molecule has 0 saturated carbocycles. The molecule has 4 rings (SSSR count). The molecule has 0 spiro atoms. The molecule has 0 aliphatic carbocycles. The molecule has 1 amide bonds. The lowest BCUT2D eigenvalue weighted by Gasteiger charge is -2.13. The van der Waals surface area contributed by atoms with Crippen molar-refractivity contribution in [3.63, 3.8) is 0 Å². The number of rotatable bonds is 4. The van der Waals surface area contributed by atoms with Crippen molar-refractivity contribution in [1.29, 1.82) is 0 Å². The summed E-state index contributed by atoms with van der Waals surface area (Å²) in [5.74, 6) is -0.628. The fourth-order valence-electron chi connectivity index (χ4n) is 3.82. The summed E-state index contributed by atoms with van der Waals surface area (Å²) in [7, 11) is 0. The summed E-state index contributed by atoms with van der Waals surface area (Å²) in [4.78, 5) is 12.0. The quantitative estimate of drug-likeness (QED) is 0.499. The molecule has 29 heavy (non-hydrogen) atoms. The zero-order chi connectivity index (χ0) is 20.8. The van der Waals surface area contributed by atoms with Crippen LogP contribution in [0.5, 0.6) is 0 Å². The van der Waals surface area contributed by atoms with Crippen LogP contribution in [0.25, 0.3) is 21.8 Å². The molecule has 4 aromatic rings. The third kappa shape index (κ3) is 3.24. The molecular weight excluding hydrogens is 377 g/mol. The Hall–Kier alpha value is -3.28. The van der Waals surface area contributed by atoms with Crippen molar-refractivity contribution in [2.75, 3.05) is 0 Å². The number of nitrogens with two attached hydrogens (primary N) is 1. The number of benzene rings is 3. The predicted molar refractivity (Wildman–Crippen MR) is 107 cm³/mol. The van der Waals surface area contributed by atoms with Gasteiger partial charge in [0.2, 0.25) is 5.91 Å². The Morgan fingerprint density at radius 3 is 2.45 bits per heavy atom. The maximum absolute atomic E-state index is 13.4. The van der Waals surface area contributed by atoms with Gasteiger partial charge in [-0.3, -0.25) is 4.79 Å². The topological polar surface area (TPSA) is 48.0 Å². The van der Waals surface area contributed by atoms with Crippen molar-refractivity contribution < 1.29 is 18.0 Å². The third-order valence-electron chi connectivity index (χ3n) is 5.21. The first-order chi connectivity index (χ1) is 13.8. The number of alkyl halides is 3. The van der Waals surface area contributed by atoms with Crippen LogP contribution in [-0.4, -0.2) is 10.5 Å². The summed E-state index contributed by atoms with van der Waals surface area (Å²) in [6.45, 7) is 2.41. The number of carbonyl (C=O) groups excluding carboxylic acids is 1. The van der Waals surface area contributed by atoms with Gasteiger partial charge in [-0.25, -0.2) is 0 Å². The fourth-order valence-corrected chi connectivity index (χ4v) is 3.82. The van der Waals surface area contributed by atoms with Gasteiger partial charge in [0, 0.05) is 22.9 Å². The van der Waals surface area contributed by atoms with Crippen LogP contribution in [0.2, 0.25) is 0 Å². The van der Waals surface area contributed by atoms with Crippen LogP contribution in [0.15, 0.2) is 54.6 Å². The third-order valence-corrected chi connectivity index (χ3v) is 5.21. The molecule has 0 aliphatic heterocycles. The molecule has 6 heteroatoms. The van der Waals surface area contributed by atoms with E-state index in [0.717, 1.165) is 29.7 Å². The summed E-state index contributed by atoms with van der Waals surface area (Å²) in [6, 6.07) is 17.7. The number of halogens is 3. The molecule has 1 radical (unpaired) electrons. The highest BCUT2D eigenvalue weighted by atomic mass is 19.4. The standard InChI is InChI=1S/C23H18F3N2O/c1-2-14-6-3-4-7-15(14)13-28-19-9-5-8-18(22(27)29)21(19)17-11-10-16(12-20(17)28)23(24,25)26/h3-10,12H,2,13H2,1H3,(H2,27,29). The number of hydrogen-bond donors (Lipinski definition) is 1. The van der Waals surface area contributed by atoms with E-state index >= 15 is 0 Å². The zero-order valence-corrected chi connectivity index (χ0v) is 15.7. The van der Waals surface area contributed by atoms with E-state index in [1.165, 1.54) is 0 Å². The van der Waals surface area contributed by atoms with E-state index in [4.69, 9.17) is 5.73 Å². The van der Waals surface area contributed by atoms with Crippen LogP contribution >= 0.6 is 0 Å². The van der Waals surface area contributed by atoms with Gasteiger partial charge in [-0.1, -0.05) is 37.3 Å². The van der Waals surface area contributed by atoms with Crippen molar-refractivity contribution in [1.82, 2.24) is 4.57 Å². The number of aromatic nitrogens is 1. The normalized spacial score (nSPS) is 12.0. The maximum atomic E-state index is 13.4. The predicted octanol–water partition coefficient (Wildman–Crippen LogP) is 5.32. The van der Waals surface area contributed by atoms with Gasteiger partial charge < -0.3 is 10.3 Å². The van der Waals surface area contributed by atoms with E-state index in [1.807, 2.05) is 31.2 Å². The first kappa shape index (κ1) is 19.1. The molecule has 1 heterocycles. The van der Waals surface area contributed by atoms with E-state index in [1.54, 1.807) is 22.8 Å². The Balaban J connectivity index is 2.06. The number of amides is 1. The first-order valence-electron chi connectivity index (χ1n) is 9.21. The highest BCUT2D eigenvalue weighted by Gasteiger charge is 2.31. The molecule has 147 valence electrons. The number of nitrogens with zero attached hydrogens (tertiary/aromatic N) is 1. The summed E-state index contributed by atoms with van der Waals surface area (Å²) in [5.41, 5.74) is 8.17. The Kier molecular flexibility index (Phi) is 4.57. The Labute approximate surface area is 165 Å². The van der Waals surface area contributed by atoms with E-state index in [9.17, 15) is 18.0 Å². The molecule has 0 saturated heterocycles. The second-order valence-corrected chi connectivity index (χ2v) is 6.92. The molecule has 3 nitrogen and oxygen atoms in total. The van der Waals surface area contributed by atoms with Gasteiger partial charge >= 0.3 is 6.18 Å². The summed E-state index contributed by atoms with van der Waals surface area (Å²) in [5, 5.41) is 0.981. The molecule has 0 bridgehead atoms. The second-order valence-electron chi connectivity index (χ2n) is 6.92. The molecular formula is C23H18F3N2O. The summed E-state index contributed by atoms with van der Waals surface area (Å²) >= 11 is 0. The number of fused-ring (bicyclic) bond motifs is 3. The van der Waals surface area contributed by atoms with Crippen molar-refractivity contribution in [2.45, 2.75) is 26.1 Å². The van der Waals surface area contributed by atoms with Crippen LogP contribution in [0.1, 0.15) is 34.0 Å². The van der Waals surface area contributed by atoms with Crippen LogP contribution in [0.3, 0.4) is 0 Å². The van der Waals surface area contributed by atoms with Crippen LogP contribution in [-0.2, 0) is 19.1 Å². The molecule has 0 unspecified atom stereocenters. The van der Waals surface area contributed by atoms with Crippen molar-refractivity contribution in [3.8, 4) is 0 Å². The molecule has 0 atom stereocenters. The highest BCUT2D eigenvalue weighted by Crippen LogP contribution is 2.37. The van der Waals surface area contributed by atoms with E-state index in [-0.39, 0.29) is 5.56 Å². The lowest BCUT2D eigenvalue weighted by atomic mass is 10.0. The van der Waals surface area contributed by atoms with Gasteiger partial charge in [-0.2, -0.15) is 13.2 Å². The Morgan fingerprint density at radius 2 is 1.79 bits per heavy atom. The van der Waals surface area contributed by atoms with Gasteiger partial charge in [-0.15, -0.1) is 0 Å². The number of aryl methyl sites for hydroxylation is 1. The average Bonchev–Trinajstić information content (AvgIpc) is 3.01. The monoisotopic (exact) mass is 395 g/mol. The Bertz CT molecular complexity index is 1240. The molecule has 0 fully saturated rings. The lowest BCUT2D eigenvalue weighted by Crippen LogP contribution is -2.11. The number of carbonyl (C=O) groups is 1. The van der Waals surface area contributed by atoms with Crippen molar-refractivity contribution in [3.05, 3.63) is 82.9 Å². The largest absolute Gasteiger partial charge is 0.416 e. The van der Waals surface area contributed by atoms with Crippen molar-refractivity contribution in [2.24, 2.45) is 5.73 Å². The minimum atomic E-state index is -4.49. The first-order valence-corrected chi connectivity index (χ1v) is 9.21. The lowest BCUT2D eigenvalue weighted by molar-refractivity contribution is -0.137. The van der Waals surface area contributed by atoms with Gasteiger partial charge in [-0.05, 0) is 47.9 Å². The second kappa shape index (κ2) is 6.95. The maximum Gasteiger partial charge on any atom is 0.416 e. The van der Waals surface area contributed by atoms with Crippen LogP contribution in [0, 0.1) is 6.07 Å². The van der Waals surface area contributed by atoms with Crippen molar-refractivity contribution >= 4 is 27.7 Å². The number of hydrogen-bond acceptors (Lipinski definition) is 1.